The summed E-state index contributed by atoms with van der Waals surface area (Å²) in [6.45, 7) is 0. The molecule has 0 aliphatic carbocycles. The molecule has 4 rings (SSSR count). The molecule has 0 spiro atoms. The minimum absolute atomic E-state index is 0.241. The topological polar surface area (TPSA) is 77.1 Å². The number of hydrogen-bond acceptors (Lipinski definition) is 4. The molecule has 1 N–H and O–H groups in total. The molecule has 3 aromatic heterocycles. The number of aromatic nitrogens is 5. The molecule has 0 radical (unpaired) electrons. The van der Waals surface area contributed by atoms with Crippen molar-refractivity contribution in [3.8, 4) is 11.3 Å². The Kier molecular flexibility index (Phi) is 3.50. The van der Waals surface area contributed by atoms with Crippen LogP contribution in [0.4, 0.5) is 10.2 Å². The van der Waals surface area contributed by atoms with Crippen molar-refractivity contribution in [1.82, 2.24) is 23.9 Å². The number of imidazole rings is 2. The number of carbonyl (C=O) groups is 1. The summed E-state index contributed by atoms with van der Waals surface area (Å²) in [6, 6.07) is 7.68. The molecule has 7 nitrogen and oxygen atoms in total. The molecule has 0 aliphatic rings. The Morgan fingerprint density at radius 3 is 2.76 bits per heavy atom. The third-order valence-electron chi connectivity index (χ3n) is 3.75. The van der Waals surface area contributed by atoms with E-state index >= 15 is 0 Å². The van der Waals surface area contributed by atoms with Crippen LogP contribution in [0.25, 0.3) is 17.0 Å². The first kappa shape index (κ1) is 15.0. The van der Waals surface area contributed by atoms with Crippen molar-refractivity contribution in [2.24, 2.45) is 7.05 Å². The lowest BCUT2D eigenvalue weighted by Gasteiger charge is -2.07. The van der Waals surface area contributed by atoms with Crippen molar-refractivity contribution in [3.63, 3.8) is 0 Å². The number of fused-ring (bicyclic) bond motifs is 1. The number of benzene rings is 1. The summed E-state index contributed by atoms with van der Waals surface area (Å²) in [5, 5.41) is 2.81. The second kappa shape index (κ2) is 5.82. The molecule has 25 heavy (non-hydrogen) atoms. The predicted octanol–water partition coefficient (Wildman–Crippen LogP) is 2.52. The van der Waals surface area contributed by atoms with Gasteiger partial charge < -0.3 is 9.88 Å². The van der Waals surface area contributed by atoms with E-state index in [2.05, 4.69) is 20.3 Å². The third kappa shape index (κ3) is 2.74. The Bertz CT molecular complexity index is 1030. The van der Waals surface area contributed by atoms with Crippen LogP contribution < -0.4 is 5.32 Å². The summed E-state index contributed by atoms with van der Waals surface area (Å²) in [6.07, 6.45) is 6.56. The lowest BCUT2D eigenvalue weighted by Crippen LogP contribution is -2.15. The van der Waals surface area contributed by atoms with Gasteiger partial charge in [-0.15, -0.1) is 0 Å². The van der Waals surface area contributed by atoms with E-state index in [4.69, 9.17) is 0 Å². The van der Waals surface area contributed by atoms with Crippen molar-refractivity contribution < 1.29 is 9.18 Å². The van der Waals surface area contributed by atoms with Gasteiger partial charge in [-0.1, -0.05) is 0 Å². The zero-order chi connectivity index (χ0) is 17.4. The molecule has 0 saturated carbocycles. The average Bonchev–Trinajstić information content (AvgIpc) is 3.20. The molecule has 1 aromatic carbocycles. The van der Waals surface area contributed by atoms with Crippen LogP contribution in [0.2, 0.25) is 0 Å². The molecule has 124 valence electrons. The van der Waals surface area contributed by atoms with Gasteiger partial charge in [-0.3, -0.25) is 9.20 Å². The van der Waals surface area contributed by atoms with Gasteiger partial charge in [0.05, 0.1) is 6.33 Å². The van der Waals surface area contributed by atoms with E-state index in [1.165, 1.54) is 12.1 Å². The number of carbonyl (C=O) groups excluding carboxylic acids is 1. The number of rotatable bonds is 3. The molecule has 8 heteroatoms. The van der Waals surface area contributed by atoms with Crippen molar-refractivity contribution in [2.75, 3.05) is 5.32 Å². The van der Waals surface area contributed by atoms with Crippen molar-refractivity contribution in [1.29, 1.82) is 0 Å². The van der Waals surface area contributed by atoms with Gasteiger partial charge in [0.2, 0.25) is 5.78 Å². The third-order valence-corrected chi connectivity index (χ3v) is 3.75. The zero-order valence-electron chi connectivity index (χ0n) is 13.2. The molecule has 4 aromatic rings. The molecule has 0 aliphatic heterocycles. The number of nitrogens with one attached hydrogen (secondary N) is 1. The fraction of sp³-hybridized carbons (Fsp3) is 0.0588. The highest BCUT2D eigenvalue weighted by Crippen LogP contribution is 2.26. The van der Waals surface area contributed by atoms with E-state index < -0.39 is 0 Å². The summed E-state index contributed by atoms with van der Waals surface area (Å²) < 4.78 is 16.5. The van der Waals surface area contributed by atoms with Gasteiger partial charge >= 0.3 is 0 Å². The average molecular weight is 336 g/mol. The fourth-order valence-electron chi connectivity index (χ4n) is 2.51. The van der Waals surface area contributed by atoms with E-state index in [0.29, 0.717) is 22.9 Å². The van der Waals surface area contributed by atoms with E-state index in [0.717, 1.165) is 0 Å². The fourth-order valence-corrected chi connectivity index (χ4v) is 2.51. The maximum Gasteiger partial charge on any atom is 0.277 e. The maximum absolute atomic E-state index is 13.1. The van der Waals surface area contributed by atoms with E-state index in [1.54, 1.807) is 59.1 Å². The van der Waals surface area contributed by atoms with Gasteiger partial charge in [-0.05, 0) is 30.3 Å². The highest BCUT2D eigenvalue weighted by molar-refractivity contribution is 6.04. The molecule has 0 fully saturated rings. The molecule has 3 heterocycles. The van der Waals surface area contributed by atoms with Gasteiger partial charge in [0.15, 0.2) is 0 Å². The lowest BCUT2D eigenvalue weighted by molar-refractivity contribution is 0.102. The van der Waals surface area contributed by atoms with Crippen LogP contribution in [0, 0.1) is 5.82 Å². The minimum atomic E-state index is -0.377. The quantitative estimate of drug-likeness (QED) is 0.624. The lowest BCUT2D eigenvalue weighted by atomic mass is 10.1. The van der Waals surface area contributed by atoms with E-state index in [9.17, 15) is 9.18 Å². The summed E-state index contributed by atoms with van der Waals surface area (Å²) in [5.74, 6) is 0.234. The number of amides is 1. The van der Waals surface area contributed by atoms with Crippen LogP contribution >= 0.6 is 0 Å². The molecule has 0 atom stereocenters. The summed E-state index contributed by atoms with van der Waals surface area (Å²) in [4.78, 5) is 25.1. The SMILES string of the molecule is Cn1cnc(-c2ccc(F)cc2)c1NC(=O)c1cn2cccnc2n1. The standard InChI is InChI=1S/C17H13FN6O/c1-23-10-20-14(11-3-5-12(18)6-4-11)15(23)22-16(25)13-9-24-8-2-7-19-17(24)21-13/h2-10H,1H3,(H,22,25). The molecular weight excluding hydrogens is 323 g/mol. The summed E-state index contributed by atoms with van der Waals surface area (Å²) in [7, 11) is 1.76. The van der Waals surface area contributed by atoms with Gasteiger partial charge in [0.25, 0.3) is 5.91 Å². The molecule has 0 bridgehead atoms. The van der Waals surface area contributed by atoms with Gasteiger partial charge in [0.1, 0.15) is 23.0 Å². The van der Waals surface area contributed by atoms with Crippen molar-refractivity contribution in [3.05, 3.63) is 66.8 Å². The van der Waals surface area contributed by atoms with Crippen LogP contribution in [-0.2, 0) is 7.05 Å². The largest absolute Gasteiger partial charge is 0.320 e. The van der Waals surface area contributed by atoms with Crippen LogP contribution in [0.3, 0.4) is 0 Å². The van der Waals surface area contributed by atoms with Crippen molar-refractivity contribution in [2.45, 2.75) is 0 Å². The normalized spacial score (nSPS) is 11.0. The minimum Gasteiger partial charge on any atom is -0.320 e. The predicted molar refractivity (Wildman–Crippen MR) is 89.5 cm³/mol. The van der Waals surface area contributed by atoms with Crippen molar-refractivity contribution >= 4 is 17.5 Å². The smallest absolute Gasteiger partial charge is 0.277 e. The first-order chi connectivity index (χ1) is 12.1. The Morgan fingerprint density at radius 1 is 1.20 bits per heavy atom. The molecular formula is C17H13FN6O. The van der Waals surface area contributed by atoms with Crippen LogP contribution in [-0.4, -0.2) is 29.8 Å². The number of hydrogen-bond donors (Lipinski definition) is 1. The van der Waals surface area contributed by atoms with Gasteiger partial charge in [0, 0.05) is 31.2 Å². The Morgan fingerprint density at radius 2 is 2.00 bits per heavy atom. The monoisotopic (exact) mass is 336 g/mol. The number of halogens is 1. The second-order valence-corrected chi connectivity index (χ2v) is 5.47. The van der Waals surface area contributed by atoms with Crippen LogP contribution in [0.1, 0.15) is 10.5 Å². The summed E-state index contributed by atoms with van der Waals surface area (Å²) >= 11 is 0. The Labute approximate surface area is 141 Å². The second-order valence-electron chi connectivity index (χ2n) is 5.47. The number of anilines is 1. The van der Waals surface area contributed by atoms with E-state index in [-0.39, 0.29) is 17.4 Å². The zero-order valence-corrected chi connectivity index (χ0v) is 13.2. The number of nitrogens with zero attached hydrogens (tertiary/aromatic N) is 5. The molecule has 0 unspecified atom stereocenters. The number of aryl methyl sites for hydroxylation is 1. The van der Waals surface area contributed by atoms with Gasteiger partial charge in [-0.2, -0.15) is 0 Å². The molecule has 1 amide bonds. The van der Waals surface area contributed by atoms with E-state index in [1.807, 2.05) is 0 Å². The first-order valence-electron chi connectivity index (χ1n) is 7.50. The Balaban J connectivity index is 1.67. The Hall–Kier alpha value is -3.55. The summed E-state index contributed by atoms with van der Waals surface area (Å²) in [5.41, 5.74) is 1.50. The highest BCUT2D eigenvalue weighted by atomic mass is 19.1. The van der Waals surface area contributed by atoms with Gasteiger partial charge in [-0.25, -0.2) is 19.3 Å². The maximum atomic E-state index is 13.1. The van der Waals surface area contributed by atoms with Crippen LogP contribution in [0.15, 0.2) is 55.2 Å². The molecule has 0 saturated heterocycles. The highest BCUT2D eigenvalue weighted by Gasteiger charge is 2.17. The first-order valence-corrected chi connectivity index (χ1v) is 7.50. The van der Waals surface area contributed by atoms with Crippen LogP contribution in [0.5, 0.6) is 0 Å².